The van der Waals surface area contributed by atoms with Gasteiger partial charge in [-0.3, -0.25) is 19.4 Å². The number of rotatable bonds is 5. The van der Waals surface area contributed by atoms with Crippen molar-refractivity contribution >= 4 is 23.6 Å². The first-order valence-electron chi connectivity index (χ1n) is 10.7. The van der Waals surface area contributed by atoms with Crippen LogP contribution in [0, 0.1) is 23.2 Å². The van der Waals surface area contributed by atoms with Crippen molar-refractivity contribution in [2.75, 3.05) is 29.9 Å². The van der Waals surface area contributed by atoms with Gasteiger partial charge in [-0.15, -0.1) is 0 Å². The number of carbonyl (C=O) groups is 2. The molecule has 172 valence electrons. The van der Waals surface area contributed by atoms with E-state index in [2.05, 4.69) is 15.3 Å². The molecule has 0 bridgehead atoms. The highest BCUT2D eigenvalue weighted by Gasteiger charge is 2.41. The topological polar surface area (TPSA) is 174 Å². The maximum absolute atomic E-state index is 13.2. The minimum absolute atomic E-state index is 0.0818. The molecular formula is C22H24N6O5. The van der Waals surface area contributed by atoms with Crippen LogP contribution in [0.25, 0.3) is 0 Å². The molecule has 0 spiro atoms. The van der Waals surface area contributed by atoms with Crippen molar-refractivity contribution in [2.24, 2.45) is 17.6 Å². The number of fused-ring (bicyclic) bond motifs is 1. The van der Waals surface area contributed by atoms with Gasteiger partial charge < -0.3 is 25.8 Å². The van der Waals surface area contributed by atoms with Crippen LogP contribution >= 0.6 is 0 Å². The Morgan fingerprint density at radius 3 is 2.73 bits per heavy atom. The molecule has 1 aromatic heterocycles. The molecule has 1 fully saturated rings. The number of hydrogen-bond donors (Lipinski definition) is 4. The van der Waals surface area contributed by atoms with Crippen LogP contribution in [-0.4, -0.2) is 46.6 Å². The molecule has 2 amide bonds. The standard InChI is InChI=1S/C22H24N6O5/c1-2-33-15-9-12(3-4-14(15)29)16-13(10-23)20(31)25-19-17(16)21(32)27-22(26-19)28-7-5-11(6-8-28)18(24)30/h3-4,9,11,13,16,29H,2,5-8H2,1H3,(H2,24,30)(H2,25,26,27,31,32). The van der Waals surface area contributed by atoms with E-state index in [1.54, 1.807) is 13.0 Å². The van der Waals surface area contributed by atoms with Crippen molar-refractivity contribution in [1.29, 1.82) is 5.26 Å². The zero-order valence-corrected chi connectivity index (χ0v) is 18.0. The number of phenols is 1. The number of carbonyl (C=O) groups excluding carboxylic acids is 2. The number of nitriles is 1. The fourth-order valence-electron chi connectivity index (χ4n) is 4.38. The molecule has 11 nitrogen and oxygen atoms in total. The molecule has 0 saturated carbocycles. The molecule has 1 aromatic carbocycles. The molecular weight excluding hydrogens is 428 g/mol. The van der Waals surface area contributed by atoms with Gasteiger partial charge >= 0.3 is 0 Å². The first-order chi connectivity index (χ1) is 15.8. The largest absolute Gasteiger partial charge is 0.504 e. The van der Waals surface area contributed by atoms with E-state index in [1.165, 1.54) is 12.1 Å². The third kappa shape index (κ3) is 4.07. The number of hydrogen-bond acceptors (Lipinski definition) is 8. The van der Waals surface area contributed by atoms with Crippen LogP contribution < -0.4 is 26.2 Å². The molecule has 2 unspecified atom stereocenters. The number of aromatic nitrogens is 2. The van der Waals surface area contributed by atoms with E-state index in [0.29, 0.717) is 38.1 Å². The second-order valence-electron chi connectivity index (χ2n) is 8.05. The SMILES string of the molecule is CCOc1cc(C2c3c(nc(N4CCC(C(N)=O)CC4)[nH]c3=O)NC(=O)C2C#N)ccc1O. The Bertz CT molecular complexity index is 1190. The number of amides is 2. The third-order valence-electron chi connectivity index (χ3n) is 6.09. The Morgan fingerprint density at radius 2 is 2.09 bits per heavy atom. The Labute approximate surface area is 189 Å². The number of piperidine rings is 1. The lowest BCUT2D eigenvalue weighted by atomic mass is 9.79. The maximum Gasteiger partial charge on any atom is 0.258 e. The van der Waals surface area contributed by atoms with E-state index in [-0.39, 0.29) is 40.7 Å². The Morgan fingerprint density at radius 1 is 1.36 bits per heavy atom. The molecule has 2 aromatic rings. The van der Waals surface area contributed by atoms with E-state index in [0.717, 1.165) is 0 Å². The fraction of sp³-hybridized carbons (Fsp3) is 0.409. The highest BCUT2D eigenvalue weighted by molar-refractivity contribution is 5.98. The molecule has 2 atom stereocenters. The number of nitrogens with zero attached hydrogens (tertiary/aromatic N) is 3. The monoisotopic (exact) mass is 452 g/mol. The van der Waals surface area contributed by atoms with Gasteiger partial charge in [0.2, 0.25) is 17.8 Å². The second kappa shape index (κ2) is 8.82. The van der Waals surface area contributed by atoms with Crippen molar-refractivity contribution in [1.82, 2.24) is 9.97 Å². The van der Waals surface area contributed by atoms with Gasteiger partial charge in [0.05, 0.1) is 18.2 Å². The van der Waals surface area contributed by atoms with E-state index >= 15 is 0 Å². The summed E-state index contributed by atoms with van der Waals surface area (Å²) in [5.74, 6) is -2.75. The molecule has 0 radical (unpaired) electrons. The highest BCUT2D eigenvalue weighted by atomic mass is 16.5. The van der Waals surface area contributed by atoms with Crippen LogP contribution in [0.1, 0.15) is 36.8 Å². The molecule has 2 aliphatic rings. The van der Waals surface area contributed by atoms with Crippen molar-refractivity contribution in [2.45, 2.75) is 25.7 Å². The third-order valence-corrected chi connectivity index (χ3v) is 6.09. The number of H-pyrrole nitrogens is 1. The minimum atomic E-state index is -1.17. The lowest BCUT2D eigenvalue weighted by Crippen LogP contribution is -2.42. The lowest BCUT2D eigenvalue weighted by molar-refractivity contribution is -0.122. The summed E-state index contributed by atoms with van der Waals surface area (Å²) >= 11 is 0. The number of nitrogens with two attached hydrogens (primary N) is 1. The Kier molecular flexibility index (Phi) is 5.91. The van der Waals surface area contributed by atoms with Gasteiger partial charge in [-0.2, -0.15) is 10.2 Å². The highest BCUT2D eigenvalue weighted by Crippen LogP contribution is 2.41. The number of phenolic OH excluding ortho intramolecular Hbond substituents is 1. The number of nitrogens with one attached hydrogen (secondary N) is 2. The fourth-order valence-corrected chi connectivity index (χ4v) is 4.38. The molecule has 5 N–H and O–H groups in total. The van der Waals surface area contributed by atoms with E-state index < -0.39 is 23.3 Å². The molecule has 4 rings (SSSR count). The van der Waals surface area contributed by atoms with Gasteiger partial charge in [-0.05, 0) is 37.5 Å². The summed E-state index contributed by atoms with van der Waals surface area (Å²) in [7, 11) is 0. The average molecular weight is 452 g/mol. The van der Waals surface area contributed by atoms with Crippen LogP contribution in [0.2, 0.25) is 0 Å². The summed E-state index contributed by atoms with van der Waals surface area (Å²) in [6, 6.07) is 6.46. The summed E-state index contributed by atoms with van der Waals surface area (Å²) in [5.41, 5.74) is 5.54. The normalized spacial score (nSPS) is 20.5. The van der Waals surface area contributed by atoms with Crippen LogP contribution in [0.3, 0.4) is 0 Å². The van der Waals surface area contributed by atoms with Gasteiger partial charge in [0, 0.05) is 24.9 Å². The molecule has 11 heteroatoms. The van der Waals surface area contributed by atoms with Crippen LogP contribution in [0.5, 0.6) is 11.5 Å². The predicted octanol–water partition coefficient (Wildman–Crippen LogP) is 0.800. The first-order valence-corrected chi connectivity index (χ1v) is 10.7. The van der Waals surface area contributed by atoms with Gasteiger partial charge in [0.15, 0.2) is 11.5 Å². The summed E-state index contributed by atoms with van der Waals surface area (Å²) in [4.78, 5) is 46.4. The minimum Gasteiger partial charge on any atom is -0.504 e. The maximum atomic E-state index is 13.2. The number of anilines is 2. The second-order valence-corrected chi connectivity index (χ2v) is 8.05. The van der Waals surface area contributed by atoms with Crippen LogP contribution in [0.4, 0.5) is 11.8 Å². The van der Waals surface area contributed by atoms with Crippen molar-refractivity contribution in [3.05, 3.63) is 39.7 Å². The number of ether oxygens (including phenoxy) is 1. The Balaban J connectivity index is 1.75. The number of aromatic hydroxyl groups is 1. The smallest absolute Gasteiger partial charge is 0.258 e. The van der Waals surface area contributed by atoms with Crippen LogP contribution in [-0.2, 0) is 9.59 Å². The summed E-state index contributed by atoms with van der Waals surface area (Å²) in [6.07, 6.45) is 1.07. The predicted molar refractivity (Wildman–Crippen MR) is 118 cm³/mol. The summed E-state index contributed by atoms with van der Waals surface area (Å²) < 4.78 is 5.43. The number of aromatic amines is 1. The van der Waals surface area contributed by atoms with Crippen molar-refractivity contribution in [3.8, 4) is 17.6 Å². The molecule has 33 heavy (non-hydrogen) atoms. The molecule has 2 aliphatic heterocycles. The lowest BCUT2D eigenvalue weighted by Gasteiger charge is -2.33. The summed E-state index contributed by atoms with van der Waals surface area (Å²) in [6.45, 7) is 3.01. The zero-order valence-electron chi connectivity index (χ0n) is 18.0. The Hall–Kier alpha value is -4.07. The quantitative estimate of drug-likeness (QED) is 0.515. The zero-order chi connectivity index (χ0) is 23.7. The van der Waals surface area contributed by atoms with Crippen molar-refractivity contribution < 1.29 is 19.4 Å². The summed E-state index contributed by atoms with van der Waals surface area (Å²) in [5, 5.41) is 22.3. The number of benzene rings is 1. The number of primary amides is 1. The van der Waals surface area contributed by atoms with E-state index in [4.69, 9.17) is 10.5 Å². The average Bonchev–Trinajstić information content (AvgIpc) is 2.79. The van der Waals surface area contributed by atoms with Gasteiger partial charge in [-0.1, -0.05) is 6.07 Å². The first kappa shape index (κ1) is 22.1. The van der Waals surface area contributed by atoms with Crippen LogP contribution in [0.15, 0.2) is 23.0 Å². The molecule has 1 saturated heterocycles. The van der Waals surface area contributed by atoms with E-state index in [9.17, 15) is 24.8 Å². The van der Waals surface area contributed by atoms with Gasteiger partial charge in [0.25, 0.3) is 5.56 Å². The van der Waals surface area contributed by atoms with Gasteiger partial charge in [-0.25, -0.2) is 0 Å². The van der Waals surface area contributed by atoms with Crippen molar-refractivity contribution in [3.63, 3.8) is 0 Å². The molecule has 3 heterocycles. The molecule has 0 aliphatic carbocycles. The van der Waals surface area contributed by atoms with E-state index in [1.807, 2.05) is 11.0 Å². The van der Waals surface area contributed by atoms with Gasteiger partial charge in [0.1, 0.15) is 11.7 Å².